The first-order chi connectivity index (χ1) is 20.6. The Balaban J connectivity index is 1.52. The van der Waals surface area contributed by atoms with Crippen LogP contribution in [0.25, 0.3) is 16.9 Å². The molecule has 43 heavy (non-hydrogen) atoms. The van der Waals surface area contributed by atoms with E-state index in [4.69, 9.17) is 9.84 Å². The predicted octanol–water partition coefficient (Wildman–Crippen LogP) is 2.90. The van der Waals surface area contributed by atoms with Gasteiger partial charge in [-0.3, -0.25) is 4.79 Å². The summed E-state index contributed by atoms with van der Waals surface area (Å²) in [7, 11) is -1.54. The van der Waals surface area contributed by atoms with Crippen LogP contribution < -0.4 is 10.3 Å². The van der Waals surface area contributed by atoms with E-state index in [0.29, 0.717) is 78.6 Å². The molecule has 1 aliphatic heterocycles. The summed E-state index contributed by atoms with van der Waals surface area (Å²) in [6.07, 6.45) is 3.18. The number of H-pyrrole nitrogens is 1. The molecule has 0 radical (unpaired) electrons. The standard InChI is InChI=1S/C26H35N7O9S/c1-4-6-23-27-17(3)24-26(34)28-25(29-31(23)24)21-14-20(7-8-22(21)40-5-2)43(39)30-11-9-18(10-12-30)13-19(15-41-32(35)36)16-42-33(37)38/h7-8,14,18-19H,4-6,9-13,15-16H2,1-3H3,(H,28,29,34). The van der Waals surface area contributed by atoms with Crippen LogP contribution >= 0.6 is 0 Å². The van der Waals surface area contributed by atoms with Crippen LogP contribution in [0.1, 0.15) is 51.0 Å². The smallest absolute Gasteiger partial charge is 0.294 e. The van der Waals surface area contributed by atoms with Gasteiger partial charge in [0.25, 0.3) is 15.7 Å². The number of rotatable bonds is 15. The Kier molecular flexibility index (Phi) is 10.6. The fourth-order valence-electron chi connectivity index (χ4n) is 5.27. The van der Waals surface area contributed by atoms with Crippen molar-refractivity contribution in [3.63, 3.8) is 0 Å². The van der Waals surface area contributed by atoms with Crippen molar-refractivity contribution < 1.29 is 28.8 Å². The van der Waals surface area contributed by atoms with E-state index in [0.717, 1.165) is 6.42 Å². The second kappa shape index (κ2) is 14.4. The summed E-state index contributed by atoms with van der Waals surface area (Å²) < 4.78 is 22.9. The molecule has 234 valence electrons. The van der Waals surface area contributed by atoms with Crippen molar-refractivity contribution in [2.45, 2.75) is 57.8 Å². The lowest BCUT2D eigenvalue weighted by Crippen LogP contribution is -2.36. The first kappa shape index (κ1) is 31.8. The topological polar surface area (TPSA) is 197 Å². The Labute approximate surface area is 249 Å². The number of hydrogen-bond donors (Lipinski definition) is 1. The van der Waals surface area contributed by atoms with E-state index >= 15 is 0 Å². The average molecular weight is 622 g/mol. The molecule has 1 saturated heterocycles. The van der Waals surface area contributed by atoms with Gasteiger partial charge in [-0.1, -0.05) is 6.92 Å². The van der Waals surface area contributed by atoms with Crippen molar-refractivity contribution in [3.05, 3.63) is 60.3 Å². The molecule has 0 saturated carbocycles. The predicted molar refractivity (Wildman–Crippen MR) is 154 cm³/mol. The Hall–Kier alpha value is -4.12. The molecule has 1 unspecified atom stereocenters. The highest BCUT2D eigenvalue weighted by Crippen LogP contribution is 2.32. The summed E-state index contributed by atoms with van der Waals surface area (Å²) in [6, 6.07) is 5.14. The molecule has 3 heterocycles. The van der Waals surface area contributed by atoms with Crippen LogP contribution in [-0.2, 0) is 27.1 Å². The Morgan fingerprint density at radius 1 is 1.14 bits per heavy atom. The molecule has 1 fully saturated rings. The molecule has 0 aliphatic carbocycles. The molecule has 1 atom stereocenters. The largest absolute Gasteiger partial charge is 0.493 e. The van der Waals surface area contributed by atoms with Crippen molar-refractivity contribution in [2.75, 3.05) is 32.9 Å². The minimum absolute atomic E-state index is 0.0943. The number of piperidine rings is 1. The van der Waals surface area contributed by atoms with Crippen molar-refractivity contribution >= 4 is 16.5 Å². The number of nitrogens with one attached hydrogen (secondary N) is 1. The second-order valence-corrected chi connectivity index (χ2v) is 11.8. The third-order valence-corrected chi connectivity index (χ3v) is 8.72. The molecule has 1 aliphatic rings. The highest BCUT2D eigenvalue weighted by atomic mass is 32.2. The fourth-order valence-corrected chi connectivity index (χ4v) is 6.52. The van der Waals surface area contributed by atoms with Gasteiger partial charge in [0.15, 0.2) is 11.3 Å². The SMILES string of the molecule is CCCc1nc(C)c2c(=O)[nH]c(-c3cc(S(=O)N4CCC(CC(CO[N+](=O)[O-])CO[N+](=O)[O-])CC4)ccc3OCC)nn12. The molecular weight excluding hydrogens is 586 g/mol. The van der Waals surface area contributed by atoms with Gasteiger partial charge in [-0.05, 0) is 63.6 Å². The van der Waals surface area contributed by atoms with Gasteiger partial charge in [-0.25, -0.2) is 18.0 Å². The quantitative estimate of drug-likeness (QED) is 0.193. The molecule has 0 bridgehead atoms. The van der Waals surface area contributed by atoms with Gasteiger partial charge in [0.2, 0.25) is 0 Å². The normalized spacial score (nSPS) is 15.1. The van der Waals surface area contributed by atoms with E-state index in [1.165, 1.54) is 0 Å². The minimum atomic E-state index is -1.54. The zero-order valence-corrected chi connectivity index (χ0v) is 25.0. The third kappa shape index (κ3) is 7.84. The van der Waals surface area contributed by atoms with Gasteiger partial charge < -0.3 is 19.4 Å². The number of aromatic amines is 1. The van der Waals surface area contributed by atoms with E-state index in [2.05, 4.69) is 19.6 Å². The maximum atomic E-state index is 13.7. The Bertz CT molecular complexity index is 1520. The van der Waals surface area contributed by atoms with Gasteiger partial charge in [0, 0.05) is 25.4 Å². The van der Waals surface area contributed by atoms with Gasteiger partial charge in [-0.2, -0.15) is 0 Å². The molecule has 2 aromatic heterocycles. The number of imidazole rings is 1. The van der Waals surface area contributed by atoms with Crippen LogP contribution in [0.2, 0.25) is 0 Å². The summed E-state index contributed by atoms with van der Waals surface area (Å²) in [5, 5.41) is 24.1. The maximum absolute atomic E-state index is 13.7. The lowest BCUT2D eigenvalue weighted by molar-refractivity contribution is -0.768. The van der Waals surface area contributed by atoms with E-state index in [1.807, 2.05) is 18.2 Å². The van der Waals surface area contributed by atoms with Gasteiger partial charge >= 0.3 is 0 Å². The summed E-state index contributed by atoms with van der Waals surface area (Å²) in [5.41, 5.74) is 1.13. The Morgan fingerprint density at radius 3 is 2.42 bits per heavy atom. The monoisotopic (exact) mass is 621 g/mol. The second-order valence-electron chi connectivity index (χ2n) is 10.3. The van der Waals surface area contributed by atoms with Crippen molar-refractivity contribution in [3.8, 4) is 17.1 Å². The number of aromatic nitrogens is 4. The Morgan fingerprint density at radius 2 is 1.81 bits per heavy atom. The van der Waals surface area contributed by atoms with E-state index in [9.17, 15) is 29.2 Å². The molecule has 17 heteroatoms. The number of fused-ring (bicyclic) bond motifs is 1. The van der Waals surface area contributed by atoms with E-state index in [-0.39, 0.29) is 30.5 Å². The highest BCUT2D eigenvalue weighted by molar-refractivity contribution is 7.82. The summed E-state index contributed by atoms with van der Waals surface area (Å²) in [6.45, 7) is 6.36. The van der Waals surface area contributed by atoms with Gasteiger partial charge in [0.05, 0.1) is 22.8 Å². The number of aryl methyl sites for hydroxylation is 2. The fraction of sp³-hybridized carbons (Fsp3) is 0.577. The lowest BCUT2D eigenvalue weighted by Gasteiger charge is -2.32. The number of hydrogen-bond acceptors (Lipinski definition) is 11. The van der Waals surface area contributed by atoms with Crippen LogP contribution in [0.3, 0.4) is 0 Å². The molecule has 16 nitrogen and oxygen atoms in total. The summed E-state index contributed by atoms with van der Waals surface area (Å²) in [4.78, 5) is 51.0. The third-order valence-electron chi connectivity index (χ3n) is 7.23. The average Bonchev–Trinajstić information content (AvgIpc) is 3.30. The van der Waals surface area contributed by atoms with Crippen molar-refractivity contribution in [1.29, 1.82) is 0 Å². The van der Waals surface area contributed by atoms with Crippen molar-refractivity contribution in [2.24, 2.45) is 11.8 Å². The van der Waals surface area contributed by atoms with Gasteiger partial charge in [0.1, 0.15) is 35.8 Å². The van der Waals surface area contributed by atoms with Crippen LogP contribution in [0, 0.1) is 39.0 Å². The van der Waals surface area contributed by atoms with Crippen LogP contribution in [0.5, 0.6) is 5.75 Å². The number of nitrogens with zero attached hydrogens (tertiary/aromatic N) is 6. The van der Waals surface area contributed by atoms with E-state index in [1.54, 1.807) is 29.6 Å². The van der Waals surface area contributed by atoms with E-state index < -0.39 is 27.1 Å². The molecule has 4 rings (SSSR count). The summed E-state index contributed by atoms with van der Waals surface area (Å²) in [5.74, 6) is 0.999. The highest BCUT2D eigenvalue weighted by Gasteiger charge is 2.28. The molecule has 0 spiro atoms. The first-order valence-electron chi connectivity index (χ1n) is 14.1. The number of benzene rings is 1. The molecule has 3 aromatic rings. The lowest BCUT2D eigenvalue weighted by atomic mass is 9.88. The molecule has 0 amide bonds. The zero-order valence-electron chi connectivity index (χ0n) is 24.2. The van der Waals surface area contributed by atoms with Crippen LogP contribution in [0.4, 0.5) is 0 Å². The molecule has 1 N–H and O–H groups in total. The minimum Gasteiger partial charge on any atom is -0.493 e. The van der Waals surface area contributed by atoms with Gasteiger partial charge in [-0.15, -0.1) is 25.3 Å². The number of ether oxygens (including phenoxy) is 1. The molecular formula is C26H35N7O9S. The maximum Gasteiger partial charge on any atom is 0.294 e. The first-order valence-corrected chi connectivity index (χ1v) is 15.2. The van der Waals surface area contributed by atoms with Crippen LogP contribution in [-0.4, -0.2) is 71.2 Å². The summed E-state index contributed by atoms with van der Waals surface area (Å²) >= 11 is 0. The molecule has 1 aromatic carbocycles. The van der Waals surface area contributed by atoms with Crippen molar-refractivity contribution in [1.82, 2.24) is 23.9 Å². The van der Waals surface area contributed by atoms with Crippen LogP contribution in [0.15, 0.2) is 27.9 Å². The zero-order chi connectivity index (χ0) is 31.1.